The molecule has 1 unspecified atom stereocenters. The van der Waals surface area contributed by atoms with E-state index in [1.54, 1.807) is 0 Å². The van der Waals surface area contributed by atoms with Crippen LogP contribution < -0.4 is 5.32 Å². The Morgan fingerprint density at radius 2 is 1.75 bits per heavy atom. The topological polar surface area (TPSA) is 12.0 Å². The second kappa shape index (κ2) is 5.57. The third kappa shape index (κ3) is 2.73. The first kappa shape index (κ1) is 13.6. The Kier molecular flexibility index (Phi) is 3.80. The maximum absolute atomic E-state index is 3.77. The van der Waals surface area contributed by atoms with E-state index in [1.165, 1.54) is 42.0 Å². The Morgan fingerprint density at radius 1 is 1.05 bits per heavy atom. The average molecular weight is 267 g/mol. The molecule has 1 aliphatic carbocycles. The number of benzene rings is 2. The van der Waals surface area contributed by atoms with Gasteiger partial charge in [0.25, 0.3) is 0 Å². The maximum Gasteiger partial charge on any atom is 0.0298 e. The van der Waals surface area contributed by atoms with Crippen LogP contribution in [0.3, 0.4) is 0 Å². The van der Waals surface area contributed by atoms with Crippen molar-refractivity contribution < 1.29 is 0 Å². The Morgan fingerprint density at radius 3 is 2.55 bits per heavy atom. The monoisotopic (exact) mass is 267 g/mol. The Bertz CT molecular complexity index is 576. The van der Waals surface area contributed by atoms with Crippen molar-refractivity contribution in [3.63, 3.8) is 0 Å². The summed E-state index contributed by atoms with van der Waals surface area (Å²) in [6.45, 7) is 5.86. The molecular weight excluding hydrogens is 242 g/mol. The first-order valence-corrected chi connectivity index (χ1v) is 7.89. The highest BCUT2D eigenvalue weighted by atomic mass is 14.9. The molecule has 1 saturated carbocycles. The Labute approximate surface area is 122 Å². The molecule has 106 valence electrons. The second-order valence-electron chi connectivity index (χ2n) is 6.69. The van der Waals surface area contributed by atoms with Gasteiger partial charge in [0.15, 0.2) is 0 Å². The van der Waals surface area contributed by atoms with Gasteiger partial charge in [0.05, 0.1) is 0 Å². The molecule has 1 N–H and O–H groups in total. The summed E-state index contributed by atoms with van der Waals surface area (Å²) >= 11 is 0. The van der Waals surface area contributed by atoms with Gasteiger partial charge in [-0.1, -0.05) is 62.2 Å². The fourth-order valence-electron chi connectivity index (χ4n) is 3.54. The van der Waals surface area contributed by atoms with E-state index in [0.717, 1.165) is 6.54 Å². The van der Waals surface area contributed by atoms with Crippen LogP contribution in [0.25, 0.3) is 10.8 Å². The van der Waals surface area contributed by atoms with Gasteiger partial charge in [-0.25, -0.2) is 0 Å². The molecule has 0 amide bonds. The van der Waals surface area contributed by atoms with Crippen molar-refractivity contribution >= 4 is 10.8 Å². The zero-order chi connectivity index (χ0) is 14.0. The highest BCUT2D eigenvalue weighted by Crippen LogP contribution is 2.37. The fraction of sp³-hybridized carbons (Fsp3) is 0.474. The lowest BCUT2D eigenvalue weighted by atomic mass is 9.88. The third-order valence-corrected chi connectivity index (χ3v) is 4.94. The van der Waals surface area contributed by atoms with Crippen LogP contribution in [0.1, 0.15) is 51.1 Å². The van der Waals surface area contributed by atoms with E-state index in [4.69, 9.17) is 0 Å². The van der Waals surface area contributed by atoms with Crippen LogP contribution in [0.4, 0.5) is 0 Å². The van der Waals surface area contributed by atoms with Crippen LogP contribution in [0, 0.1) is 5.41 Å². The molecule has 0 saturated heterocycles. The summed E-state index contributed by atoms with van der Waals surface area (Å²) in [7, 11) is 0. The van der Waals surface area contributed by atoms with Crippen LogP contribution >= 0.6 is 0 Å². The summed E-state index contributed by atoms with van der Waals surface area (Å²) in [5.41, 5.74) is 1.93. The molecule has 3 rings (SSSR count). The van der Waals surface area contributed by atoms with Gasteiger partial charge in [0.2, 0.25) is 0 Å². The number of hydrogen-bond acceptors (Lipinski definition) is 1. The fourth-order valence-corrected chi connectivity index (χ4v) is 3.54. The summed E-state index contributed by atoms with van der Waals surface area (Å²) in [4.78, 5) is 0. The summed E-state index contributed by atoms with van der Waals surface area (Å²) < 4.78 is 0. The lowest BCUT2D eigenvalue weighted by Crippen LogP contribution is -2.31. The molecule has 0 spiro atoms. The number of nitrogens with one attached hydrogen (secondary N) is 1. The van der Waals surface area contributed by atoms with Crippen molar-refractivity contribution in [3.8, 4) is 0 Å². The quantitative estimate of drug-likeness (QED) is 0.815. The molecule has 1 fully saturated rings. The second-order valence-corrected chi connectivity index (χ2v) is 6.69. The molecular formula is C19H25N. The van der Waals surface area contributed by atoms with Gasteiger partial charge in [-0.2, -0.15) is 0 Å². The van der Waals surface area contributed by atoms with Gasteiger partial charge >= 0.3 is 0 Å². The molecule has 0 heterocycles. The van der Waals surface area contributed by atoms with Crippen LogP contribution in [-0.2, 0) is 0 Å². The first-order valence-electron chi connectivity index (χ1n) is 7.89. The van der Waals surface area contributed by atoms with E-state index in [9.17, 15) is 0 Å². The van der Waals surface area contributed by atoms with Crippen molar-refractivity contribution in [1.29, 1.82) is 0 Å². The first-order chi connectivity index (χ1) is 9.68. The summed E-state index contributed by atoms with van der Waals surface area (Å²) in [5, 5.41) is 6.49. The van der Waals surface area contributed by atoms with Crippen LogP contribution in [0.5, 0.6) is 0 Å². The maximum atomic E-state index is 3.77. The molecule has 0 bridgehead atoms. The normalized spacial score (nSPS) is 19.3. The number of fused-ring (bicyclic) bond motifs is 1. The summed E-state index contributed by atoms with van der Waals surface area (Å²) in [6, 6.07) is 15.7. The van der Waals surface area contributed by atoms with Crippen molar-refractivity contribution in [2.45, 2.75) is 45.6 Å². The van der Waals surface area contributed by atoms with Gasteiger partial charge in [0, 0.05) is 12.6 Å². The van der Waals surface area contributed by atoms with E-state index in [0.29, 0.717) is 11.5 Å². The van der Waals surface area contributed by atoms with Gasteiger partial charge in [-0.3, -0.25) is 0 Å². The molecule has 2 aromatic carbocycles. The smallest absolute Gasteiger partial charge is 0.0298 e. The van der Waals surface area contributed by atoms with E-state index >= 15 is 0 Å². The van der Waals surface area contributed by atoms with Crippen LogP contribution in [0.15, 0.2) is 42.5 Å². The predicted molar refractivity (Wildman–Crippen MR) is 86.9 cm³/mol. The molecule has 1 nitrogen and oxygen atoms in total. The molecule has 0 aliphatic heterocycles. The van der Waals surface area contributed by atoms with Crippen molar-refractivity contribution in [1.82, 2.24) is 5.32 Å². The number of hydrogen-bond donors (Lipinski definition) is 1. The minimum atomic E-state index is 0.415. The van der Waals surface area contributed by atoms with Crippen LogP contribution in [0.2, 0.25) is 0 Å². The molecule has 1 atom stereocenters. The molecule has 0 aromatic heterocycles. The summed E-state index contributed by atoms with van der Waals surface area (Å²) in [5.74, 6) is 0. The minimum absolute atomic E-state index is 0.415. The zero-order valence-corrected chi connectivity index (χ0v) is 12.7. The molecule has 1 heteroatoms. The van der Waals surface area contributed by atoms with Crippen LogP contribution in [-0.4, -0.2) is 6.54 Å². The lowest BCUT2D eigenvalue weighted by Gasteiger charge is -2.27. The highest BCUT2D eigenvalue weighted by Gasteiger charge is 2.28. The average Bonchev–Trinajstić information content (AvgIpc) is 2.91. The molecule has 2 aromatic rings. The highest BCUT2D eigenvalue weighted by molar-refractivity contribution is 5.86. The molecule has 1 aliphatic rings. The minimum Gasteiger partial charge on any atom is -0.310 e. The van der Waals surface area contributed by atoms with Crippen molar-refractivity contribution in [2.75, 3.05) is 6.54 Å². The van der Waals surface area contributed by atoms with E-state index in [1.807, 2.05) is 0 Å². The summed E-state index contributed by atoms with van der Waals surface area (Å²) in [6.07, 6.45) is 5.56. The van der Waals surface area contributed by atoms with Gasteiger partial charge in [0.1, 0.15) is 0 Å². The molecule has 20 heavy (non-hydrogen) atoms. The lowest BCUT2D eigenvalue weighted by molar-refractivity contribution is 0.302. The number of rotatable bonds is 4. The van der Waals surface area contributed by atoms with Gasteiger partial charge in [-0.15, -0.1) is 0 Å². The standard InChI is InChI=1S/C19H25N/c1-15(20-14-19(2)12-5-6-13-19)17-11-7-9-16-8-3-4-10-18(16)17/h3-4,7-11,15,20H,5-6,12-14H2,1-2H3. The Hall–Kier alpha value is -1.34. The van der Waals surface area contributed by atoms with Gasteiger partial charge in [-0.05, 0) is 41.5 Å². The Balaban J connectivity index is 1.77. The van der Waals surface area contributed by atoms with Gasteiger partial charge < -0.3 is 5.32 Å². The van der Waals surface area contributed by atoms with E-state index < -0.39 is 0 Å². The largest absolute Gasteiger partial charge is 0.310 e. The zero-order valence-electron chi connectivity index (χ0n) is 12.7. The SMILES string of the molecule is CC(NCC1(C)CCCC1)c1cccc2ccccc12. The van der Waals surface area contributed by atoms with Crippen molar-refractivity contribution in [2.24, 2.45) is 5.41 Å². The van der Waals surface area contributed by atoms with E-state index in [-0.39, 0.29) is 0 Å². The van der Waals surface area contributed by atoms with Crippen molar-refractivity contribution in [3.05, 3.63) is 48.0 Å². The van der Waals surface area contributed by atoms with E-state index in [2.05, 4.69) is 61.6 Å². The predicted octanol–water partition coefficient (Wildman–Crippen LogP) is 5.07. The third-order valence-electron chi connectivity index (χ3n) is 4.94. The molecule has 0 radical (unpaired) electrons.